The Morgan fingerprint density at radius 2 is 2.22 bits per heavy atom. The Morgan fingerprint density at radius 1 is 1.43 bits per heavy atom. The summed E-state index contributed by atoms with van der Waals surface area (Å²) in [6.07, 6.45) is 2.99. The maximum Gasteiger partial charge on any atom is 0.276 e. The lowest BCUT2D eigenvalue weighted by atomic mass is 10.2. The fourth-order valence-electron chi connectivity index (χ4n) is 1.96. The van der Waals surface area contributed by atoms with Crippen LogP contribution in [0.25, 0.3) is 0 Å². The molecule has 1 aromatic carbocycles. The lowest BCUT2D eigenvalue weighted by Crippen LogP contribution is -2.14. The normalized spacial score (nSPS) is 10.7. The minimum atomic E-state index is -0.468. The van der Waals surface area contributed by atoms with Gasteiger partial charge >= 0.3 is 0 Å². The predicted molar refractivity (Wildman–Crippen MR) is 87.0 cm³/mol. The molecule has 118 valence electrons. The van der Waals surface area contributed by atoms with Gasteiger partial charge in [-0.1, -0.05) is 29.8 Å². The van der Waals surface area contributed by atoms with Crippen molar-refractivity contribution in [2.45, 2.75) is 6.54 Å². The Kier molecular flexibility index (Phi) is 4.44. The van der Waals surface area contributed by atoms with Crippen LogP contribution < -0.4 is 5.32 Å². The number of nitrogens with one attached hydrogen (secondary N) is 2. The third-order valence-electron chi connectivity index (χ3n) is 3.06. The molecular formula is C14H10BrClFN5O. The summed E-state index contributed by atoms with van der Waals surface area (Å²) in [7, 11) is 0. The fraction of sp³-hybridized carbons (Fsp3) is 0.0714. The van der Waals surface area contributed by atoms with E-state index in [4.69, 9.17) is 11.6 Å². The molecule has 0 fully saturated rings. The first-order valence-electron chi connectivity index (χ1n) is 6.51. The van der Waals surface area contributed by atoms with Crippen LogP contribution >= 0.6 is 27.5 Å². The molecule has 0 atom stereocenters. The summed E-state index contributed by atoms with van der Waals surface area (Å²) < 4.78 is 15.8. The molecular weight excluding hydrogens is 389 g/mol. The number of aromatic nitrogens is 4. The third kappa shape index (κ3) is 3.43. The van der Waals surface area contributed by atoms with Gasteiger partial charge in [0.25, 0.3) is 5.91 Å². The zero-order valence-corrected chi connectivity index (χ0v) is 13.9. The number of H-pyrrole nitrogens is 1. The van der Waals surface area contributed by atoms with E-state index in [9.17, 15) is 9.18 Å². The molecule has 0 bridgehead atoms. The van der Waals surface area contributed by atoms with E-state index in [2.05, 4.69) is 36.5 Å². The molecule has 0 aliphatic carbocycles. The van der Waals surface area contributed by atoms with E-state index in [0.29, 0.717) is 15.9 Å². The largest absolute Gasteiger partial charge is 0.303 e. The lowest BCUT2D eigenvalue weighted by Gasteiger charge is -2.03. The van der Waals surface area contributed by atoms with Crippen LogP contribution in [-0.4, -0.2) is 25.9 Å². The highest BCUT2D eigenvalue weighted by Gasteiger charge is 2.16. The highest BCUT2D eigenvalue weighted by molar-refractivity contribution is 9.10. The molecule has 2 aromatic heterocycles. The molecule has 0 radical (unpaired) electrons. The smallest absolute Gasteiger partial charge is 0.276 e. The molecule has 23 heavy (non-hydrogen) atoms. The fourth-order valence-corrected chi connectivity index (χ4v) is 2.56. The van der Waals surface area contributed by atoms with E-state index in [1.165, 1.54) is 16.9 Å². The van der Waals surface area contributed by atoms with Gasteiger partial charge in [-0.15, -0.1) is 0 Å². The molecule has 2 heterocycles. The summed E-state index contributed by atoms with van der Waals surface area (Å²) in [5.41, 5.74) is 0.638. The summed E-state index contributed by atoms with van der Waals surface area (Å²) in [6, 6.07) is 6.43. The summed E-state index contributed by atoms with van der Waals surface area (Å²) in [6.45, 7) is 0.242. The van der Waals surface area contributed by atoms with Crippen LogP contribution in [-0.2, 0) is 6.54 Å². The van der Waals surface area contributed by atoms with Crippen molar-refractivity contribution in [3.63, 3.8) is 0 Å². The highest BCUT2D eigenvalue weighted by Crippen LogP contribution is 2.22. The van der Waals surface area contributed by atoms with Crippen molar-refractivity contribution in [2.75, 3.05) is 5.32 Å². The average Bonchev–Trinajstić information content (AvgIpc) is 3.08. The number of anilines is 1. The number of hydrogen-bond acceptors (Lipinski definition) is 3. The van der Waals surface area contributed by atoms with Gasteiger partial charge in [-0.05, 0) is 22.0 Å². The van der Waals surface area contributed by atoms with Crippen molar-refractivity contribution in [2.24, 2.45) is 0 Å². The van der Waals surface area contributed by atoms with Gasteiger partial charge in [0.05, 0.1) is 22.2 Å². The van der Waals surface area contributed by atoms with Gasteiger partial charge in [-0.25, -0.2) is 4.39 Å². The van der Waals surface area contributed by atoms with Crippen molar-refractivity contribution >= 4 is 39.3 Å². The number of aromatic amines is 1. The van der Waals surface area contributed by atoms with E-state index in [-0.39, 0.29) is 23.1 Å². The number of carbonyl (C=O) groups is 1. The van der Waals surface area contributed by atoms with Crippen molar-refractivity contribution in [3.05, 3.63) is 63.2 Å². The summed E-state index contributed by atoms with van der Waals surface area (Å²) in [4.78, 5) is 12.1. The molecule has 0 spiro atoms. The predicted octanol–water partition coefficient (Wildman–Crippen LogP) is 3.46. The number of rotatable bonds is 4. The SMILES string of the molecule is O=C(Nc1nn(Cc2ccccc2F)cc1Br)c1[nH]ncc1Cl. The van der Waals surface area contributed by atoms with Crippen LogP contribution in [0.4, 0.5) is 10.2 Å². The second-order valence-electron chi connectivity index (χ2n) is 4.66. The monoisotopic (exact) mass is 397 g/mol. The van der Waals surface area contributed by atoms with Crippen molar-refractivity contribution in [1.82, 2.24) is 20.0 Å². The Bertz CT molecular complexity index is 862. The Morgan fingerprint density at radius 3 is 2.91 bits per heavy atom. The Balaban J connectivity index is 1.78. The quantitative estimate of drug-likeness (QED) is 0.707. The number of carbonyl (C=O) groups excluding carboxylic acids is 1. The van der Waals surface area contributed by atoms with Crippen LogP contribution in [0.1, 0.15) is 16.1 Å². The second kappa shape index (κ2) is 6.51. The first kappa shape index (κ1) is 15.7. The topological polar surface area (TPSA) is 75.6 Å². The molecule has 1 amide bonds. The molecule has 0 saturated carbocycles. The Labute approximate surface area is 143 Å². The van der Waals surface area contributed by atoms with Crippen LogP contribution in [0.15, 0.2) is 41.1 Å². The first-order valence-corrected chi connectivity index (χ1v) is 7.68. The second-order valence-corrected chi connectivity index (χ2v) is 5.92. The maximum absolute atomic E-state index is 13.7. The van der Waals surface area contributed by atoms with Gasteiger partial charge < -0.3 is 5.32 Å². The molecule has 9 heteroatoms. The van der Waals surface area contributed by atoms with Crippen LogP contribution in [0.5, 0.6) is 0 Å². The van der Waals surface area contributed by atoms with Crippen LogP contribution in [0, 0.1) is 5.82 Å². The summed E-state index contributed by atoms with van der Waals surface area (Å²) in [5, 5.41) is 13.2. The standard InChI is InChI=1S/C14H10BrClFN5O/c15-9-7-22(6-8-3-1-2-4-11(8)17)21-13(9)19-14(23)12-10(16)5-18-20-12/h1-5,7H,6H2,(H,18,20)(H,19,21,23). The van der Waals surface area contributed by atoms with Gasteiger partial charge in [-0.3, -0.25) is 14.6 Å². The summed E-state index contributed by atoms with van der Waals surface area (Å²) in [5.74, 6) is -0.477. The first-order chi connectivity index (χ1) is 11.0. The summed E-state index contributed by atoms with van der Waals surface area (Å²) >= 11 is 9.15. The minimum Gasteiger partial charge on any atom is -0.303 e. The molecule has 6 nitrogen and oxygen atoms in total. The molecule has 0 unspecified atom stereocenters. The number of hydrogen-bond donors (Lipinski definition) is 2. The number of benzene rings is 1. The molecule has 3 rings (SSSR count). The van der Waals surface area contributed by atoms with Gasteiger partial charge in [-0.2, -0.15) is 10.2 Å². The van der Waals surface area contributed by atoms with E-state index < -0.39 is 5.91 Å². The van der Waals surface area contributed by atoms with Crippen LogP contribution in [0.3, 0.4) is 0 Å². The lowest BCUT2D eigenvalue weighted by molar-refractivity contribution is 0.102. The van der Waals surface area contributed by atoms with E-state index >= 15 is 0 Å². The number of nitrogens with zero attached hydrogens (tertiary/aromatic N) is 3. The van der Waals surface area contributed by atoms with Crippen molar-refractivity contribution < 1.29 is 9.18 Å². The van der Waals surface area contributed by atoms with E-state index in [0.717, 1.165) is 0 Å². The third-order valence-corrected chi connectivity index (χ3v) is 3.93. The number of halogens is 3. The van der Waals surface area contributed by atoms with Gasteiger partial charge in [0, 0.05) is 11.8 Å². The zero-order chi connectivity index (χ0) is 16.4. The highest BCUT2D eigenvalue weighted by atomic mass is 79.9. The maximum atomic E-state index is 13.7. The number of amides is 1. The van der Waals surface area contributed by atoms with Crippen LogP contribution in [0.2, 0.25) is 5.02 Å². The zero-order valence-electron chi connectivity index (χ0n) is 11.6. The molecule has 0 saturated heterocycles. The molecule has 3 aromatic rings. The van der Waals surface area contributed by atoms with E-state index in [1.54, 1.807) is 24.4 Å². The van der Waals surface area contributed by atoms with Crippen molar-refractivity contribution in [3.8, 4) is 0 Å². The molecule has 0 aliphatic heterocycles. The minimum absolute atomic E-state index is 0.141. The van der Waals surface area contributed by atoms with Gasteiger partial charge in [0.2, 0.25) is 0 Å². The molecule has 0 aliphatic rings. The Hall–Kier alpha value is -2.19. The van der Waals surface area contributed by atoms with Crippen molar-refractivity contribution in [1.29, 1.82) is 0 Å². The average molecular weight is 399 g/mol. The van der Waals surface area contributed by atoms with E-state index in [1.807, 2.05) is 0 Å². The molecule has 2 N–H and O–H groups in total. The van der Waals surface area contributed by atoms with Gasteiger partial charge in [0.15, 0.2) is 5.82 Å². The van der Waals surface area contributed by atoms with Gasteiger partial charge in [0.1, 0.15) is 11.5 Å².